The largest absolute Gasteiger partial charge is 0.497 e. The van der Waals surface area contributed by atoms with Crippen molar-refractivity contribution < 1.29 is 18.1 Å². The molecule has 0 radical (unpaired) electrons. The van der Waals surface area contributed by atoms with E-state index in [-0.39, 0.29) is 10.6 Å². The number of ether oxygens (including phenoxy) is 1. The first kappa shape index (κ1) is 19.5. The van der Waals surface area contributed by atoms with E-state index < -0.39 is 21.0 Å². The molecule has 3 aromatic rings. The maximum absolute atomic E-state index is 12.9. The lowest BCUT2D eigenvalue weighted by molar-refractivity contribution is -0.384. The molecular weight excluding hydrogens is 380 g/mol. The van der Waals surface area contributed by atoms with E-state index in [0.717, 1.165) is 11.1 Å². The van der Waals surface area contributed by atoms with Gasteiger partial charge in [0, 0.05) is 12.1 Å². The number of nitrogens with one attached hydrogen (secondary N) is 1. The van der Waals surface area contributed by atoms with E-state index in [9.17, 15) is 18.5 Å². The lowest BCUT2D eigenvalue weighted by Crippen LogP contribution is -2.29. The van der Waals surface area contributed by atoms with Gasteiger partial charge in [-0.25, -0.2) is 8.42 Å². The number of non-ortho nitro benzene ring substituents is 1. The Labute approximate surface area is 162 Å². The number of hydrogen-bond donors (Lipinski definition) is 1. The molecule has 0 aromatic heterocycles. The highest BCUT2D eigenvalue weighted by molar-refractivity contribution is 7.89. The molecule has 0 spiro atoms. The third kappa shape index (κ3) is 4.36. The van der Waals surface area contributed by atoms with Crippen molar-refractivity contribution in [3.05, 3.63) is 100 Å². The number of methoxy groups -OCH3 is 1. The van der Waals surface area contributed by atoms with Crippen LogP contribution in [0, 0.1) is 10.1 Å². The van der Waals surface area contributed by atoms with E-state index in [1.54, 1.807) is 31.4 Å². The van der Waals surface area contributed by atoms with E-state index in [0.29, 0.717) is 5.75 Å². The molecule has 3 rings (SSSR count). The van der Waals surface area contributed by atoms with Crippen LogP contribution in [0.25, 0.3) is 0 Å². The molecular formula is C20H18N2O5S. The first-order valence-corrected chi connectivity index (χ1v) is 9.85. The summed E-state index contributed by atoms with van der Waals surface area (Å²) in [4.78, 5) is 10.2. The Hall–Kier alpha value is -3.23. The fourth-order valence-corrected chi connectivity index (χ4v) is 3.95. The molecule has 144 valence electrons. The first-order valence-electron chi connectivity index (χ1n) is 8.36. The molecule has 0 aliphatic heterocycles. The van der Waals surface area contributed by atoms with Gasteiger partial charge < -0.3 is 4.74 Å². The van der Waals surface area contributed by atoms with Gasteiger partial charge in [-0.3, -0.25) is 10.1 Å². The number of rotatable bonds is 7. The number of benzene rings is 3. The molecule has 8 heteroatoms. The average Bonchev–Trinajstić information content (AvgIpc) is 2.73. The molecule has 0 saturated heterocycles. The van der Waals surface area contributed by atoms with Crippen LogP contribution in [0.2, 0.25) is 0 Å². The third-order valence-corrected chi connectivity index (χ3v) is 5.65. The molecule has 7 nitrogen and oxygen atoms in total. The maximum Gasteiger partial charge on any atom is 0.269 e. The lowest BCUT2D eigenvalue weighted by atomic mass is 10.00. The normalized spacial score (nSPS) is 12.3. The summed E-state index contributed by atoms with van der Waals surface area (Å²) in [5, 5.41) is 10.8. The highest BCUT2D eigenvalue weighted by Crippen LogP contribution is 2.26. The van der Waals surface area contributed by atoms with E-state index in [1.165, 1.54) is 24.3 Å². The number of nitro groups is 1. The van der Waals surface area contributed by atoms with Gasteiger partial charge >= 0.3 is 0 Å². The molecule has 3 aromatic carbocycles. The number of nitrogens with zero attached hydrogens (tertiary/aromatic N) is 1. The van der Waals surface area contributed by atoms with Crippen molar-refractivity contribution >= 4 is 15.7 Å². The van der Waals surface area contributed by atoms with Crippen molar-refractivity contribution in [3.8, 4) is 5.75 Å². The molecule has 0 fully saturated rings. The number of sulfonamides is 1. The Kier molecular flexibility index (Phi) is 5.72. The summed E-state index contributed by atoms with van der Waals surface area (Å²) >= 11 is 0. The van der Waals surface area contributed by atoms with Crippen LogP contribution in [0.15, 0.2) is 83.8 Å². The van der Waals surface area contributed by atoms with Gasteiger partial charge in [0.1, 0.15) is 5.75 Å². The Bertz CT molecular complexity index is 1050. The predicted octanol–water partition coefficient (Wildman–Crippen LogP) is 3.67. The second-order valence-corrected chi connectivity index (χ2v) is 7.70. The smallest absolute Gasteiger partial charge is 0.269 e. The Morgan fingerprint density at radius 2 is 1.46 bits per heavy atom. The molecule has 1 atom stereocenters. The van der Waals surface area contributed by atoms with Crippen LogP contribution >= 0.6 is 0 Å². The average molecular weight is 398 g/mol. The van der Waals surface area contributed by atoms with Crippen LogP contribution in [0.4, 0.5) is 5.69 Å². The summed E-state index contributed by atoms with van der Waals surface area (Å²) in [5.74, 6) is 0.661. The predicted molar refractivity (Wildman–Crippen MR) is 105 cm³/mol. The maximum atomic E-state index is 12.9. The molecule has 0 saturated carbocycles. The zero-order valence-electron chi connectivity index (χ0n) is 15.0. The molecule has 1 N–H and O–H groups in total. The van der Waals surface area contributed by atoms with Crippen LogP contribution in [0.1, 0.15) is 17.2 Å². The van der Waals surface area contributed by atoms with Crippen LogP contribution in [-0.4, -0.2) is 20.5 Å². The molecule has 1 unspecified atom stereocenters. The van der Waals surface area contributed by atoms with Crippen LogP contribution < -0.4 is 9.46 Å². The van der Waals surface area contributed by atoms with Gasteiger partial charge in [0.2, 0.25) is 10.0 Å². The van der Waals surface area contributed by atoms with Crippen LogP contribution in [0.3, 0.4) is 0 Å². The summed E-state index contributed by atoms with van der Waals surface area (Å²) < 4.78 is 33.6. The minimum Gasteiger partial charge on any atom is -0.497 e. The Morgan fingerprint density at radius 1 is 0.893 bits per heavy atom. The third-order valence-electron chi connectivity index (χ3n) is 4.21. The lowest BCUT2D eigenvalue weighted by Gasteiger charge is -2.20. The van der Waals surface area contributed by atoms with Gasteiger partial charge in [-0.2, -0.15) is 4.72 Å². The van der Waals surface area contributed by atoms with Crippen LogP contribution in [-0.2, 0) is 10.0 Å². The molecule has 0 heterocycles. The molecule has 0 aliphatic rings. The van der Waals surface area contributed by atoms with Gasteiger partial charge in [0.15, 0.2) is 0 Å². The first-order chi connectivity index (χ1) is 13.4. The van der Waals surface area contributed by atoms with Gasteiger partial charge in [-0.15, -0.1) is 0 Å². The Balaban J connectivity index is 1.97. The summed E-state index contributed by atoms with van der Waals surface area (Å²) in [6.45, 7) is 0. The van der Waals surface area contributed by atoms with Crippen molar-refractivity contribution in [2.45, 2.75) is 10.9 Å². The molecule has 0 bridgehead atoms. The van der Waals surface area contributed by atoms with Crippen molar-refractivity contribution in [1.29, 1.82) is 0 Å². The van der Waals surface area contributed by atoms with E-state index in [2.05, 4.69) is 4.72 Å². The fourth-order valence-electron chi connectivity index (χ4n) is 2.74. The van der Waals surface area contributed by atoms with E-state index in [1.807, 2.05) is 30.3 Å². The topological polar surface area (TPSA) is 98.5 Å². The van der Waals surface area contributed by atoms with E-state index in [4.69, 9.17) is 4.74 Å². The Morgan fingerprint density at radius 3 is 2.00 bits per heavy atom. The SMILES string of the molecule is COc1ccc(C(NS(=O)(=O)c2ccc([N+](=O)[O-])cc2)c2ccccc2)cc1. The highest BCUT2D eigenvalue weighted by Gasteiger charge is 2.23. The fraction of sp³-hybridized carbons (Fsp3) is 0.100. The number of hydrogen-bond acceptors (Lipinski definition) is 5. The minimum absolute atomic E-state index is 0.0486. The van der Waals surface area contributed by atoms with Gasteiger partial charge in [0.25, 0.3) is 5.69 Å². The summed E-state index contributed by atoms with van der Waals surface area (Å²) in [6.07, 6.45) is 0. The minimum atomic E-state index is -3.92. The van der Waals surface area contributed by atoms with Crippen molar-refractivity contribution in [1.82, 2.24) is 4.72 Å². The monoisotopic (exact) mass is 398 g/mol. The van der Waals surface area contributed by atoms with Gasteiger partial charge in [-0.05, 0) is 35.4 Å². The summed E-state index contributed by atoms with van der Waals surface area (Å²) in [7, 11) is -2.36. The molecule has 0 amide bonds. The zero-order valence-corrected chi connectivity index (χ0v) is 15.8. The number of nitro benzene ring substituents is 1. The quantitative estimate of drug-likeness (QED) is 0.484. The molecule has 0 aliphatic carbocycles. The van der Waals surface area contributed by atoms with Gasteiger partial charge in [0.05, 0.1) is 23.0 Å². The van der Waals surface area contributed by atoms with Crippen molar-refractivity contribution in [3.63, 3.8) is 0 Å². The highest BCUT2D eigenvalue weighted by atomic mass is 32.2. The summed E-state index contributed by atoms with van der Waals surface area (Å²) in [5.41, 5.74) is 1.32. The van der Waals surface area contributed by atoms with Crippen LogP contribution in [0.5, 0.6) is 5.75 Å². The van der Waals surface area contributed by atoms with Crippen molar-refractivity contribution in [2.75, 3.05) is 7.11 Å². The zero-order chi connectivity index (χ0) is 20.1. The standard InChI is InChI=1S/C20H18N2O5S/c1-27-18-11-7-16(8-12-18)20(15-5-3-2-4-6-15)21-28(25,26)19-13-9-17(10-14-19)22(23)24/h2-14,20-21H,1H3. The molecule has 28 heavy (non-hydrogen) atoms. The second kappa shape index (κ2) is 8.20. The van der Waals surface area contributed by atoms with E-state index >= 15 is 0 Å². The van der Waals surface area contributed by atoms with Gasteiger partial charge in [-0.1, -0.05) is 42.5 Å². The van der Waals surface area contributed by atoms with Crippen molar-refractivity contribution in [2.24, 2.45) is 0 Å². The summed E-state index contributed by atoms with van der Waals surface area (Å²) in [6, 6.07) is 20.4. The second-order valence-electron chi connectivity index (χ2n) is 5.99.